The minimum Gasteiger partial charge on any atom is -0.493 e. The number of nitrogens with zero attached hydrogens (tertiary/aromatic N) is 2. The van der Waals surface area contributed by atoms with E-state index in [9.17, 15) is 13.2 Å². The highest BCUT2D eigenvalue weighted by atomic mass is 32.2. The van der Waals surface area contributed by atoms with Crippen molar-refractivity contribution >= 4 is 38.5 Å². The summed E-state index contributed by atoms with van der Waals surface area (Å²) in [6, 6.07) is 24.4. The van der Waals surface area contributed by atoms with Gasteiger partial charge in [-0.05, 0) is 24.6 Å². The van der Waals surface area contributed by atoms with E-state index in [1.54, 1.807) is 30.2 Å². The molecule has 7 nitrogen and oxygen atoms in total. The van der Waals surface area contributed by atoms with Crippen molar-refractivity contribution in [2.24, 2.45) is 4.99 Å². The van der Waals surface area contributed by atoms with E-state index in [1.165, 1.54) is 17.6 Å². The fourth-order valence-corrected chi connectivity index (χ4v) is 6.75. The second-order valence-electron chi connectivity index (χ2n) is 9.51. The second kappa shape index (κ2) is 11.7. The van der Waals surface area contributed by atoms with E-state index in [0.29, 0.717) is 34.2 Å². The second-order valence-corrected chi connectivity index (χ2v) is 12.6. The third-order valence-electron chi connectivity index (χ3n) is 6.69. The monoisotopic (exact) mass is 574 g/mol. The number of methoxy groups -OCH3 is 1. The molecule has 0 aliphatic carbocycles. The van der Waals surface area contributed by atoms with Crippen LogP contribution >= 0.6 is 11.3 Å². The molecule has 9 heteroatoms. The molecule has 2 heterocycles. The van der Waals surface area contributed by atoms with Gasteiger partial charge >= 0.3 is 0 Å². The van der Waals surface area contributed by atoms with Crippen LogP contribution in [-0.4, -0.2) is 50.7 Å². The fourth-order valence-electron chi connectivity index (χ4n) is 4.85. The summed E-state index contributed by atoms with van der Waals surface area (Å²) >= 11 is 1.34. The van der Waals surface area contributed by atoms with Crippen molar-refractivity contribution < 1.29 is 22.7 Å². The number of amides is 1. The number of benzene rings is 3. The minimum atomic E-state index is -3.43. The van der Waals surface area contributed by atoms with Crippen LogP contribution in [0.15, 0.2) is 89.2 Å². The van der Waals surface area contributed by atoms with Crippen LogP contribution in [0.3, 0.4) is 0 Å². The minimum absolute atomic E-state index is 0.204. The Labute approximate surface area is 238 Å². The summed E-state index contributed by atoms with van der Waals surface area (Å²) in [5.74, 6) is 0.623. The maximum atomic E-state index is 13.7. The number of thiophene rings is 1. The lowest BCUT2D eigenvalue weighted by atomic mass is 10.0. The van der Waals surface area contributed by atoms with Gasteiger partial charge in [-0.2, -0.15) is 0 Å². The number of carbonyl (C=O) groups is 1. The van der Waals surface area contributed by atoms with E-state index in [1.807, 2.05) is 73.0 Å². The van der Waals surface area contributed by atoms with Gasteiger partial charge in [0.25, 0.3) is 5.91 Å². The highest BCUT2D eigenvalue weighted by molar-refractivity contribution is 7.90. The van der Waals surface area contributed by atoms with Crippen LogP contribution < -0.4 is 9.47 Å². The molecule has 1 atom stereocenters. The first-order valence-electron chi connectivity index (χ1n) is 12.9. The summed E-state index contributed by atoms with van der Waals surface area (Å²) in [4.78, 5) is 21.0. The normalized spacial score (nSPS) is 13.6. The molecule has 0 saturated carbocycles. The molecule has 4 aromatic rings. The number of ether oxygens (including phenoxy) is 2. The Bertz CT molecular complexity index is 1610. The predicted octanol–water partition coefficient (Wildman–Crippen LogP) is 6.07. The first-order chi connectivity index (χ1) is 19.3. The molecule has 1 aliphatic heterocycles. The Morgan fingerprint density at radius 1 is 1.00 bits per heavy atom. The Morgan fingerprint density at radius 2 is 1.65 bits per heavy atom. The van der Waals surface area contributed by atoms with Crippen LogP contribution in [0.1, 0.15) is 44.9 Å². The number of carbonyl (C=O) groups excluding carboxylic acids is 1. The summed E-state index contributed by atoms with van der Waals surface area (Å²) in [5.41, 5.74) is 4.91. The highest BCUT2D eigenvalue weighted by Crippen LogP contribution is 2.42. The number of hydrogen-bond acceptors (Lipinski definition) is 7. The van der Waals surface area contributed by atoms with Gasteiger partial charge < -0.3 is 14.4 Å². The molecule has 0 spiro atoms. The van der Waals surface area contributed by atoms with Crippen molar-refractivity contribution in [2.75, 3.05) is 25.7 Å². The van der Waals surface area contributed by atoms with Crippen molar-refractivity contribution in [3.63, 3.8) is 0 Å². The van der Waals surface area contributed by atoms with Crippen molar-refractivity contribution in [2.45, 2.75) is 19.5 Å². The van der Waals surface area contributed by atoms with Gasteiger partial charge in [0.2, 0.25) is 0 Å². The number of fused-ring (bicyclic) bond motifs is 1. The molecule has 1 unspecified atom stereocenters. The lowest BCUT2D eigenvalue weighted by molar-refractivity contribution is 0.0721. The topological polar surface area (TPSA) is 85.3 Å². The summed E-state index contributed by atoms with van der Waals surface area (Å²) in [7, 11) is -1.88. The van der Waals surface area contributed by atoms with Gasteiger partial charge in [0.05, 0.1) is 48.3 Å². The predicted molar refractivity (Wildman–Crippen MR) is 159 cm³/mol. The zero-order valence-electron chi connectivity index (χ0n) is 22.5. The van der Waals surface area contributed by atoms with Crippen LogP contribution in [0.4, 0.5) is 5.69 Å². The first-order valence-corrected chi connectivity index (χ1v) is 15.8. The van der Waals surface area contributed by atoms with E-state index < -0.39 is 15.9 Å². The first kappa shape index (κ1) is 27.6. The van der Waals surface area contributed by atoms with Gasteiger partial charge in [0.1, 0.15) is 9.84 Å². The van der Waals surface area contributed by atoms with Gasteiger partial charge in [0, 0.05) is 28.3 Å². The van der Waals surface area contributed by atoms with Gasteiger partial charge in [-0.1, -0.05) is 66.7 Å². The number of rotatable bonds is 10. The molecule has 40 heavy (non-hydrogen) atoms. The van der Waals surface area contributed by atoms with Crippen molar-refractivity contribution in [1.29, 1.82) is 0 Å². The molecule has 0 fully saturated rings. The quantitative estimate of drug-likeness (QED) is 0.215. The molecule has 0 saturated heterocycles. The molecule has 206 valence electrons. The smallest absolute Gasteiger partial charge is 0.265 e. The van der Waals surface area contributed by atoms with E-state index in [2.05, 4.69) is 0 Å². The number of hydrogen-bond donors (Lipinski definition) is 0. The SMILES string of the molecule is CCOc1cc(C(CS(C)(=O)=O)N2Cc3c(N=C(c4ccccc4)c4ccccc4)csc3C2=O)ccc1OC. The molecule has 1 aromatic heterocycles. The van der Waals surface area contributed by atoms with E-state index in [0.717, 1.165) is 22.4 Å². The maximum absolute atomic E-state index is 13.7. The Kier molecular flexibility index (Phi) is 8.04. The van der Waals surface area contributed by atoms with Gasteiger partial charge in [0.15, 0.2) is 11.5 Å². The lowest BCUT2D eigenvalue weighted by Crippen LogP contribution is -2.33. The van der Waals surface area contributed by atoms with Crippen LogP contribution in [0.2, 0.25) is 0 Å². The van der Waals surface area contributed by atoms with E-state index in [4.69, 9.17) is 14.5 Å². The van der Waals surface area contributed by atoms with Gasteiger partial charge in [-0.15, -0.1) is 11.3 Å². The lowest BCUT2D eigenvalue weighted by Gasteiger charge is -2.28. The van der Waals surface area contributed by atoms with Gasteiger partial charge in [-0.25, -0.2) is 13.4 Å². The van der Waals surface area contributed by atoms with Crippen LogP contribution in [0.25, 0.3) is 0 Å². The number of sulfone groups is 1. The summed E-state index contributed by atoms with van der Waals surface area (Å²) in [6.45, 7) is 2.54. The van der Waals surface area contributed by atoms with Crippen LogP contribution in [-0.2, 0) is 16.4 Å². The highest BCUT2D eigenvalue weighted by Gasteiger charge is 2.38. The molecule has 1 aliphatic rings. The third-order valence-corrected chi connectivity index (χ3v) is 8.61. The summed E-state index contributed by atoms with van der Waals surface area (Å²) in [5, 5.41) is 1.90. The molecule has 0 N–H and O–H groups in total. The van der Waals surface area contributed by atoms with Crippen LogP contribution in [0.5, 0.6) is 11.5 Å². The fraction of sp³-hybridized carbons (Fsp3) is 0.226. The van der Waals surface area contributed by atoms with Crippen molar-refractivity contribution in [3.05, 3.63) is 111 Å². The van der Waals surface area contributed by atoms with Gasteiger partial charge in [-0.3, -0.25) is 4.79 Å². The molecule has 3 aromatic carbocycles. The molecular weight excluding hydrogens is 544 g/mol. The standard InChI is InChI=1S/C31H30N2O5S2/c1-4-38-28-17-23(15-16-27(28)37-2)26(20-40(3,35)36)33-18-24-25(19-39-30(24)31(33)34)32-29(21-11-7-5-8-12-21)22-13-9-6-10-14-22/h5-17,19,26H,4,18,20H2,1-3H3. The summed E-state index contributed by atoms with van der Waals surface area (Å²) < 4.78 is 36.2. The Balaban J connectivity index is 1.55. The molecular formula is C31H30N2O5S2. The maximum Gasteiger partial charge on any atom is 0.265 e. The summed E-state index contributed by atoms with van der Waals surface area (Å²) in [6.07, 6.45) is 1.19. The number of aliphatic imine (C=N–C) groups is 1. The van der Waals surface area contributed by atoms with Crippen LogP contribution in [0, 0.1) is 0 Å². The zero-order valence-corrected chi connectivity index (χ0v) is 24.2. The molecule has 1 amide bonds. The third kappa shape index (κ3) is 5.80. The average Bonchev–Trinajstić information content (AvgIpc) is 3.50. The molecule has 0 bridgehead atoms. The average molecular weight is 575 g/mol. The largest absolute Gasteiger partial charge is 0.493 e. The van der Waals surface area contributed by atoms with Crippen molar-refractivity contribution in [1.82, 2.24) is 4.90 Å². The van der Waals surface area contributed by atoms with E-state index >= 15 is 0 Å². The Morgan fingerprint density at radius 3 is 2.23 bits per heavy atom. The van der Waals surface area contributed by atoms with E-state index in [-0.39, 0.29) is 18.2 Å². The Hall–Kier alpha value is -3.95. The molecule has 5 rings (SSSR count). The zero-order chi connectivity index (χ0) is 28.3. The molecule has 0 radical (unpaired) electrons. The van der Waals surface area contributed by atoms with Crippen molar-refractivity contribution in [3.8, 4) is 11.5 Å².